The van der Waals surface area contributed by atoms with E-state index in [1.807, 2.05) is 42.6 Å². The lowest BCUT2D eigenvalue weighted by Crippen LogP contribution is -2.30. The molecule has 2 heterocycles. The molecule has 37 heavy (non-hydrogen) atoms. The van der Waals surface area contributed by atoms with Crippen molar-refractivity contribution in [1.82, 2.24) is 4.57 Å². The van der Waals surface area contributed by atoms with Crippen molar-refractivity contribution in [3.8, 4) is 0 Å². The van der Waals surface area contributed by atoms with E-state index in [0.717, 1.165) is 29.1 Å². The highest BCUT2D eigenvalue weighted by atomic mass is 35.5. The maximum absolute atomic E-state index is 13.6. The quantitative estimate of drug-likeness (QED) is 0.299. The first-order chi connectivity index (χ1) is 17.6. The van der Waals surface area contributed by atoms with Gasteiger partial charge in [0.1, 0.15) is 5.82 Å². The number of carbonyl (C=O) groups is 2. The number of amides is 2. The molecule has 5 nitrogen and oxygen atoms in total. The smallest absolute Gasteiger partial charge is 0.345 e. The van der Waals surface area contributed by atoms with Crippen LogP contribution < -0.4 is 10.2 Å². The van der Waals surface area contributed by atoms with Gasteiger partial charge >= 0.3 is 6.18 Å². The first kappa shape index (κ1) is 24.6. The standard InChI is InChI=1S/C27H18ClF4N3O2/c28-22-12-16(7-10-23(22)33-25(36)20-9-8-18(29)13-21(20)27(30,31)32)26(37)35-15-19-5-3-11-34(19)14-17-4-1-2-6-24(17)35/h1-13H,14-15H2,(H,33,36). The first-order valence-corrected chi connectivity index (χ1v) is 11.5. The average molecular weight is 528 g/mol. The SMILES string of the molecule is O=C(Nc1ccc(C(=O)N2Cc3cccn3Cc3ccccc32)cc1Cl)c1ccc(F)cc1C(F)(F)F. The van der Waals surface area contributed by atoms with Gasteiger partial charge < -0.3 is 14.8 Å². The minimum atomic E-state index is -4.93. The zero-order valence-electron chi connectivity index (χ0n) is 19.0. The summed E-state index contributed by atoms with van der Waals surface area (Å²) in [7, 11) is 0. The van der Waals surface area contributed by atoms with Crippen molar-refractivity contribution in [3.63, 3.8) is 0 Å². The Bertz CT molecular complexity index is 1530. The van der Waals surface area contributed by atoms with Crippen molar-refractivity contribution >= 4 is 34.8 Å². The zero-order valence-corrected chi connectivity index (χ0v) is 19.8. The first-order valence-electron chi connectivity index (χ1n) is 11.1. The average Bonchev–Trinajstić information content (AvgIpc) is 3.23. The maximum Gasteiger partial charge on any atom is 0.417 e. The Morgan fingerprint density at radius 3 is 2.46 bits per heavy atom. The summed E-state index contributed by atoms with van der Waals surface area (Å²) in [4.78, 5) is 27.8. The van der Waals surface area contributed by atoms with Crippen LogP contribution in [0.25, 0.3) is 0 Å². The summed E-state index contributed by atoms with van der Waals surface area (Å²) in [6.07, 6.45) is -2.99. The zero-order chi connectivity index (χ0) is 26.3. The molecule has 2 amide bonds. The second-order valence-corrected chi connectivity index (χ2v) is 8.89. The third-order valence-electron chi connectivity index (χ3n) is 6.11. The number of carbonyl (C=O) groups excluding carboxylic acids is 2. The van der Waals surface area contributed by atoms with Crippen molar-refractivity contribution in [1.29, 1.82) is 0 Å². The highest BCUT2D eigenvalue weighted by Gasteiger charge is 2.36. The molecule has 5 rings (SSSR count). The van der Waals surface area contributed by atoms with Gasteiger partial charge in [0.25, 0.3) is 11.8 Å². The van der Waals surface area contributed by atoms with Crippen LogP contribution in [0.3, 0.4) is 0 Å². The number of para-hydroxylation sites is 1. The lowest BCUT2D eigenvalue weighted by atomic mass is 10.1. The molecule has 0 atom stereocenters. The second kappa shape index (κ2) is 9.40. The van der Waals surface area contributed by atoms with Gasteiger partial charge in [0.15, 0.2) is 0 Å². The molecule has 0 spiro atoms. The Morgan fingerprint density at radius 2 is 1.70 bits per heavy atom. The molecule has 188 valence electrons. The number of nitrogens with one attached hydrogen (secondary N) is 1. The minimum absolute atomic E-state index is 0.00538. The highest BCUT2D eigenvalue weighted by Crippen LogP contribution is 2.34. The van der Waals surface area contributed by atoms with Gasteiger partial charge in [-0.1, -0.05) is 29.8 Å². The van der Waals surface area contributed by atoms with E-state index in [0.29, 0.717) is 13.1 Å². The van der Waals surface area contributed by atoms with E-state index < -0.39 is 29.0 Å². The fourth-order valence-corrected chi connectivity index (χ4v) is 4.54. The Kier molecular flexibility index (Phi) is 6.25. The molecule has 1 aliphatic rings. The van der Waals surface area contributed by atoms with Crippen LogP contribution in [-0.4, -0.2) is 16.4 Å². The molecule has 0 bridgehead atoms. The van der Waals surface area contributed by atoms with Crippen LogP contribution in [-0.2, 0) is 19.3 Å². The van der Waals surface area contributed by atoms with Gasteiger partial charge in [-0.15, -0.1) is 0 Å². The molecule has 4 aromatic rings. The third-order valence-corrected chi connectivity index (χ3v) is 6.42. The summed E-state index contributed by atoms with van der Waals surface area (Å²) in [6.45, 7) is 0.932. The van der Waals surface area contributed by atoms with E-state index >= 15 is 0 Å². The molecular weight excluding hydrogens is 510 g/mol. The number of nitrogens with zero attached hydrogens (tertiary/aromatic N) is 2. The third kappa shape index (κ3) is 4.82. The summed E-state index contributed by atoms with van der Waals surface area (Å²) in [6, 6.07) is 17.3. The molecule has 0 saturated carbocycles. The number of halogens is 5. The minimum Gasteiger partial charge on any atom is -0.345 e. The number of hydrogen-bond donors (Lipinski definition) is 1. The van der Waals surface area contributed by atoms with Crippen molar-refractivity contribution in [2.75, 3.05) is 10.2 Å². The molecule has 1 N–H and O–H groups in total. The summed E-state index contributed by atoms with van der Waals surface area (Å²) in [5.41, 5.74) is 0.730. The van der Waals surface area contributed by atoms with Gasteiger partial charge in [-0.25, -0.2) is 4.39 Å². The normalized spacial score (nSPS) is 12.9. The number of anilines is 2. The fourth-order valence-electron chi connectivity index (χ4n) is 4.31. The van der Waals surface area contributed by atoms with Crippen molar-refractivity contribution < 1.29 is 27.2 Å². The predicted octanol–water partition coefficient (Wildman–Crippen LogP) is 6.76. The van der Waals surface area contributed by atoms with Gasteiger partial charge in [0.2, 0.25) is 0 Å². The molecule has 1 aromatic heterocycles. The maximum atomic E-state index is 13.6. The Labute approximate surface area is 213 Å². The largest absolute Gasteiger partial charge is 0.417 e. The number of rotatable bonds is 3. The van der Waals surface area contributed by atoms with Crippen molar-refractivity contribution in [3.05, 3.63) is 118 Å². The summed E-state index contributed by atoms with van der Waals surface area (Å²) >= 11 is 6.32. The number of aromatic nitrogens is 1. The number of fused-ring (bicyclic) bond motifs is 2. The van der Waals surface area contributed by atoms with Crippen LogP contribution in [0.4, 0.5) is 28.9 Å². The molecule has 1 aliphatic heterocycles. The van der Waals surface area contributed by atoms with Gasteiger partial charge in [0.05, 0.1) is 28.4 Å². The van der Waals surface area contributed by atoms with Crippen LogP contribution >= 0.6 is 11.6 Å². The van der Waals surface area contributed by atoms with E-state index in [-0.39, 0.29) is 28.2 Å². The van der Waals surface area contributed by atoms with Gasteiger partial charge in [-0.3, -0.25) is 9.59 Å². The van der Waals surface area contributed by atoms with Crippen LogP contribution in [0, 0.1) is 5.82 Å². The number of hydrogen-bond acceptors (Lipinski definition) is 2. The van der Waals surface area contributed by atoms with E-state index in [2.05, 4.69) is 9.88 Å². The van der Waals surface area contributed by atoms with E-state index in [9.17, 15) is 27.2 Å². The van der Waals surface area contributed by atoms with Crippen LogP contribution in [0.15, 0.2) is 79.0 Å². The molecule has 0 aliphatic carbocycles. The summed E-state index contributed by atoms with van der Waals surface area (Å²) in [5.74, 6) is -2.57. The van der Waals surface area contributed by atoms with E-state index in [1.165, 1.54) is 18.2 Å². The molecule has 0 unspecified atom stereocenters. The van der Waals surface area contributed by atoms with Crippen molar-refractivity contribution in [2.45, 2.75) is 19.3 Å². The van der Waals surface area contributed by atoms with Gasteiger partial charge in [-0.05, 0) is 60.2 Å². The molecule has 10 heteroatoms. The monoisotopic (exact) mass is 527 g/mol. The summed E-state index contributed by atoms with van der Waals surface area (Å²) < 4.78 is 55.4. The van der Waals surface area contributed by atoms with Crippen LogP contribution in [0.5, 0.6) is 0 Å². The summed E-state index contributed by atoms with van der Waals surface area (Å²) in [5, 5.41) is 2.28. The van der Waals surface area contributed by atoms with E-state index in [1.54, 1.807) is 4.90 Å². The molecule has 0 radical (unpaired) electrons. The van der Waals surface area contributed by atoms with Crippen LogP contribution in [0.2, 0.25) is 5.02 Å². The predicted molar refractivity (Wildman–Crippen MR) is 131 cm³/mol. The lowest BCUT2D eigenvalue weighted by Gasteiger charge is -2.23. The molecular formula is C27H18ClF4N3O2. The fraction of sp³-hybridized carbons (Fsp3) is 0.111. The van der Waals surface area contributed by atoms with Crippen LogP contribution in [0.1, 0.15) is 37.5 Å². The Hall–Kier alpha value is -4.11. The molecule has 0 fully saturated rings. The van der Waals surface area contributed by atoms with Gasteiger partial charge in [-0.2, -0.15) is 13.2 Å². The highest BCUT2D eigenvalue weighted by molar-refractivity contribution is 6.34. The number of alkyl halides is 3. The van der Waals surface area contributed by atoms with Crippen molar-refractivity contribution in [2.24, 2.45) is 0 Å². The topological polar surface area (TPSA) is 54.3 Å². The van der Waals surface area contributed by atoms with E-state index in [4.69, 9.17) is 11.6 Å². The lowest BCUT2D eigenvalue weighted by molar-refractivity contribution is -0.138. The second-order valence-electron chi connectivity index (χ2n) is 8.48. The number of benzene rings is 3. The Morgan fingerprint density at radius 1 is 0.919 bits per heavy atom. The molecule has 3 aromatic carbocycles. The molecule has 0 saturated heterocycles. The van der Waals surface area contributed by atoms with Gasteiger partial charge in [0, 0.05) is 29.7 Å². The Balaban J connectivity index is 1.42.